The van der Waals surface area contributed by atoms with E-state index in [1.54, 1.807) is 0 Å². The van der Waals surface area contributed by atoms with Gasteiger partial charge in [-0.2, -0.15) is 0 Å². The van der Waals surface area contributed by atoms with Gasteiger partial charge < -0.3 is 10.2 Å². The predicted octanol–water partition coefficient (Wildman–Crippen LogP) is 2.87. The van der Waals surface area contributed by atoms with Gasteiger partial charge >= 0.3 is 0 Å². The summed E-state index contributed by atoms with van der Waals surface area (Å²) in [5, 5.41) is 3.51. The molecular formula is C16H29N3. The molecule has 2 unspecified atom stereocenters. The summed E-state index contributed by atoms with van der Waals surface area (Å²) in [6.45, 7) is 9.03. The van der Waals surface area contributed by atoms with Gasteiger partial charge in [-0.1, -0.05) is 19.8 Å². The fourth-order valence-corrected chi connectivity index (χ4v) is 3.64. The molecule has 108 valence electrons. The molecule has 2 saturated carbocycles. The second-order valence-corrected chi connectivity index (χ2v) is 7.19. The zero-order valence-corrected chi connectivity index (χ0v) is 12.6. The van der Waals surface area contributed by atoms with E-state index in [4.69, 9.17) is 4.99 Å². The SMILES string of the molecule is CCNC(=NCC1(C)CC1)N1CC2CCCCC2C1. The molecule has 3 nitrogen and oxygen atoms in total. The molecule has 2 aliphatic carbocycles. The zero-order valence-electron chi connectivity index (χ0n) is 12.6. The molecule has 3 heteroatoms. The lowest BCUT2D eigenvalue weighted by atomic mass is 9.82. The smallest absolute Gasteiger partial charge is 0.193 e. The van der Waals surface area contributed by atoms with Gasteiger partial charge in [0.05, 0.1) is 0 Å². The Balaban J connectivity index is 1.63. The van der Waals surface area contributed by atoms with Crippen molar-refractivity contribution in [2.75, 3.05) is 26.2 Å². The number of guanidine groups is 1. The second-order valence-electron chi connectivity index (χ2n) is 7.19. The van der Waals surface area contributed by atoms with Crippen molar-refractivity contribution >= 4 is 5.96 Å². The first kappa shape index (κ1) is 13.3. The van der Waals surface area contributed by atoms with Crippen molar-refractivity contribution < 1.29 is 0 Å². The van der Waals surface area contributed by atoms with E-state index in [1.807, 2.05) is 0 Å². The van der Waals surface area contributed by atoms with Gasteiger partial charge in [0.25, 0.3) is 0 Å². The van der Waals surface area contributed by atoms with Crippen LogP contribution >= 0.6 is 0 Å². The molecule has 0 aromatic rings. The molecule has 3 aliphatic rings. The molecule has 0 amide bonds. The van der Waals surface area contributed by atoms with Crippen LogP contribution < -0.4 is 5.32 Å². The fourth-order valence-electron chi connectivity index (χ4n) is 3.64. The van der Waals surface area contributed by atoms with Gasteiger partial charge in [0.2, 0.25) is 0 Å². The molecule has 1 heterocycles. The van der Waals surface area contributed by atoms with Crippen LogP contribution in [0.5, 0.6) is 0 Å². The van der Waals surface area contributed by atoms with Gasteiger partial charge in [0.15, 0.2) is 5.96 Å². The van der Waals surface area contributed by atoms with E-state index in [-0.39, 0.29) is 0 Å². The highest BCUT2D eigenvalue weighted by Gasteiger charge is 2.38. The van der Waals surface area contributed by atoms with Crippen LogP contribution in [0, 0.1) is 17.3 Å². The Morgan fingerprint density at radius 1 is 1.21 bits per heavy atom. The van der Waals surface area contributed by atoms with Crippen LogP contribution in [-0.4, -0.2) is 37.0 Å². The third-order valence-electron chi connectivity index (χ3n) is 5.32. The average molecular weight is 263 g/mol. The maximum Gasteiger partial charge on any atom is 0.193 e. The number of hydrogen-bond donors (Lipinski definition) is 1. The maximum atomic E-state index is 4.92. The Morgan fingerprint density at radius 3 is 2.37 bits per heavy atom. The highest BCUT2D eigenvalue weighted by atomic mass is 15.3. The Morgan fingerprint density at radius 2 is 1.84 bits per heavy atom. The normalized spacial score (nSPS) is 33.2. The van der Waals surface area contributed by atoms with Crippen LogP contribution in [-0.2, 0) is 0 Å². The molecule has 3 fully saturated rings. The monoisotopic (exact) mass is 263 g/mol. The molecule has 19 heavy (non-hydrogen) atoms. The molecule has 3 rings (SSSR count). The first-order valence-electron chi connectivity index (χ1n) is 8.23. The van der Waals surface area contributed by atoms with Crippen LogP contribution in [0.4, 0.5) is 0 Å². The molecule has 0 aromatic carbocycles. The van der Waals surface area contributed by atoms with E-state index in [0.717, 1.165) is 24.9 Å². The topological polar surface area (TPSA) is 27.6 Å². The van der Waals surface area contributed by atoms with E-state index >= 15 is 0 Å². The minimum atomic E-state index is 0.521. The molecule has 2 atom stereocenters. The fraction of sp³-hybridized carbons (Fsp3) is 0.938. The van der Waals surface area contributed by atoms with Crippen molar-refractivity contribution in [1.29, 1.82) is 0 Å². The van der Waals surface area contributed by atoms with E-state index in [0.29, 0.717) is 5.41 Å². The van der Waals surface area contributed by atoms with Gasteiger partial charge in [0.1, 0.15) is 0 Å². The summed E-state index contributed by atoms with van der Waals surface area (Å²) < 4.78 is 0. The third-order valence-corrected chi connectivity index (χ3v) is 5.32. The number of nitrogens with one attached hydrogen (secondary N) is 1. The van der Waals surface area contributed by atoms with Crippen LogP contribution in [0.15, 0.2) is 4.99 Å². The van der Waals surface area contributed by atoms with Crippen molar-refractivity contribution in [2.45, 2.75) is 52.4 Å². The molecule has 0 bridgehead atoms. The highest BCUT2D eigenvalue weighted by Crippen LogP contribution is 2.45. The van der Waals surface area contributed by atoms with Crippen LogP contribution in [0.25, 0.3) is 0 Å². The number of hydrogen-bond acceptors (Lipinski definition) is 1. The first-order valence-corrected chi connectivity index (χ1v) is 8.23. The molecule has 1 saturated heterocycles. The number of nitrogens with zero attached hydrogens (tertiary/aromatic N) is 2. The summed E-state index contributed by atoms with van der Waals surface area (Å²) in [5.74, 6) is 3.06. The number of likely N-dealkylation sites (tertiary alicyclic amines) is 1. The van der Waals surface area contributed by atoms with Gasteiger partial charge in [-0.25, -0.2) is 0 Å². The molecule has 0 spiro atoms. The van der Waals surface area contributed by atoms with E-state index < -0.39 is 0 Å². The maximum absolute atomic E-state index is 4.92. The number of fused-ring (bicyclic) bond motifs is 1. The lowest BCUT2D eigenvalue weighted by molar-refractivity contribution is 0.299. The lowest BCUT2D eigenvalue weighted by Crippen LogP contribution is -2.40. The van der Waals surface area contributed by atoms with Crippen LogP contribution in [0.1, 0.15) is 52.4 Å². The van der Waals surface area contributed by atoms with Crippen LogP contribution in [0.2, 0.25) is 0 Å². The number of aliphatic imine (C=N–C) groups is 1. The standard InChI is InChI=1S/C16H29N3/c1-3-17-15(18-12-16(2)8-9-16)19-10-13-6-4-5-7-14(13)11-19/h13-14H,3-12H2,1-2H3,(H,17,18). The highest BCUT2D eigenvalue weighted by molar-refractivity contribution is 5.80. The summed E-state index contributed by atoms with van der Waals surface area (Å²) in [7, 11) is 0. The zero-order chi connectivity index (χ0) is 13.3. The summed E-state index contributed by atoms with van der Waals surface area (Å²) in [4.78, 5) is 7.46. The molecular weight excluding hydrogens is 234 g/mol. The Kier molecular flexibility index (Phi) is 3.72. The van der Waals surface area contributed by atoms with E-state index in [1.165, 1.54) is 57.6 Å². The van der Waals surface area contributed by atoms with Crippen molar-refractivity contribution in [3.8, 4) is 0 Å². The third kappa shape index (κ3) is 3.06. The van der Waals surface area contributed by atoms with Crippen LogP contribution in [0.3, 0.4) is 0 Å². The molecule has 0 aromatic heterocycles. The van der Waals surface area contributed by atoms with E-state index in [9.17, 15) is 0 Å². The molecule has 0 radical (unpaired) electrons. The minimum Gasteiger partial charge on any atom is -0.357 e. The summed E-state index contributed by atoms with van der Waals surface area (Å²) in [5.41, 5.74) is 0.521. The Bertz CT molecular complexity index is 332. The second kappa shape index (κ2) is 5.34. The minimum absolute atomic E-state index is 0.521. The van der Waals surface area contributed by atoms with Crippen molar-refractivity contribution in [1.82, 2.24) is 10.2 Å². The lowest BCUT2D eigenvalue weighted by Gasteiger charge is -2.22. The van der Waals surface area contributed by atoms with Crippen molar-refractivity contribution in [3.63, 3.8) is 0 Å². The van der Waals surface area contributed by atoms with Crippen molar-refractivity contribution in [2.24, 2.45) is 22.2 Å². The van der Waals surface area contributed by atoms with Gasteiger partial charge in [-0.3, -0.25) is 4.99 Å². The largest absolute Gasteiger partial charge is 0.357 e. The predicted molar refractivity (Wildman–Crippen MR) is 80.3 cm³/mol. The first-order chi connectivity index (χ1) is 9.20. The number of rotatable bonds is 3. The average Bonchev–Trinajstić information content (AvgIpc) is 3.00. The summed E-state index contributed by atoms with van der Waals surface area (Å²) in [6, 6.07) is 0. The van der Waals surface area contributed by atoms with Gasteiger partial charge in [0, 0.05) is 26.2 Å². The quantitative estimate of drug-likeness (QED) is 0.626. The molecule has 1 aliphatic heterocycles. The molecule has 1 N–H and O–H groups in total. The van der Waals surface area contributed by atoms with Crippen molar-refractivity contribution in [3.05, 3.63) is 0 Å². The van der Waals surface area contributed by atoms with E-state index in [2.05, 4.69) is 24.1 Å². The van der Waals surface area contributed by atoms with Gasteiger partial charge in [-0.05, 0) is 49.9 Å². The summed E-state index contributed by atoms with van der Waals surface area (Å²) >= 11 is 0. The van der Waals surface area contributed by atoms with Gasteiger partial charge in [-0.15, -0.1) is 0 Å². The Hall–Kier alpha value is -0.730. The summed E-state index contributed by atoms with van der Waals surface area (Å²) in [6.07, 6.45) is 8.50. The Labute approximate surface area is 117 Å².